The largest absolute Gasteiger partial charge is 0.507 e. The molecule has 0 saturated carbocycles. The van der Waals surface area contributed by atoms with Crippen LogP contribution in [0.3, 0.4) is 0 Å². The zero-order chi connectivity index (χ0) is 29.3. The zero-order valence-corrected chi connectivity index (χ0v) is 23.0. The maximum Gasteiger partial charge on any atom is 0.319 e. The number of pyridine rings is 1. The molecule has 41 heavy (non-hydrogen) atoms. The van der Waals surface area contributed by atoms with Crippen molar-refractivity contribution in [2.24, 2.45) is 0 Å². The SMILES string of the molecule is [C-]#[N+]C[C@H]1CN(c2nc(OC[C@@H]3CCCN3C)nc3cc(-c4c(O)cccc4F)c(C)nc23)CCN1C(=O)C(=C)F. The number of phenols is 1. The first-order valence-corrected chi connectivity index (χ1v) is 13.4. The second kappa shape index (κ2) is 11.6. The fourth-order valence-corrected chi connectivity index (χ4v) is 5.53. The summed E-state index contributed by atoms with van der Waals surface area (Å²) in [7, 11) is 2.04. The van der Waals surface area contributed by atoms with Gasteiger partial charge < -0.3 is 29.4 Å². The topological polar surface area (TPSA) is 99.3 Å². The summed E-state index contributed by atoms with van der Waals surface area (Å²) >= 11 is 0. The van der Waals surface area contributed by atoms with E-state index in [1.54, 1.807) is 13.0 Å². The van der Waals surface area contributed by atoms with Crippen molar-refractivity contribution < 1.29 is 23.4 Å². The van der Waals surface area contributed by atoms with Gasteiger partial charge in [-0.05, 0) is 51.6 Å². The van der Waals surface area contributed by atoms with Crippen LogP contribution in [0.15, 0.2) is 36.7 Å². The number of nitrogens with zero attached hydrogens (tertiary/aromatic N) is 7. The van der Waals surface area contributed by atoms with Crippen LogP contribution in [-0.4, -0.2) is 94.2 Å². The molecule has 1 aromatic carbocycles. The fraction of sp³-hybridized carbons (Fsp3) is 0.414. The van der Waals surface area contributed by atoms with Crippen LogP contribution < -0.4 is 9.64 Å². The van der Waals surface area contributed by atoms with Gasteiger partial charge in [-0.3, -0.25) is 4.79 Å². The highest BCUT2D eigenvalue weighted by molar-refractivity contribution is 5.92. The van der Waals surface area contributed by atoms with Crippen molar-refractivity contribution in [2.45, 2.75) is 31.8 Å². The van der Waals surface area contributed by atoms with Crippen molar-refractivity contribution in [1.82, 2.24) is 24.8 Å². The van der Waals surface area contributed by atoms with Crippen LogP contribution in [-0.2, 0) is 4.79 Å². The number of phenolic OH excluding ortho intramolecular Hbond substituents is 1. The molecule has 0 spiro atoms. The number of aromatic hydroxyl groups is 1. The van der Waals surface area contributed by atoms with Gasteiger partial charge in [0.1, 0.15) is 29.7 Å². The summed E-state index contributed by atoms with van der Waals surface area (Å²) in [6, 6.07) is 5.47. The van der Waals surface area contributed by atoms with Crippen LogP contribution >= 0.6 is 0 Å². The Hall–Kier alpha value is -4.37. The quantitative estimate of drug-likeness (QED) is 0.343. The number of likely N-dealkylation sites (N-methyl/N-ethyl adjacent to an activating group) is 1. The molecule has 2 aliphatic heterocycles. The Balaban J connectivity index is 1.58. The van der Waals surface area contributed by atoms with Crippen molar-refractivity contribution in [2.75, 3.05) is 51.3 Å². The van der Waals surface area contributed by atoms with E-state index in [1.165, 1.54) is 23.1 Å². The van der Waals surface area contributed by atoms with Crippen LogP contribution in [0.1, 0.15) is 18.5 Å². The number of aromatic nitrogens is 3. The van der Waals surface area contributed by atoms with Gasteiger partial charge in [-0.25, -0.2) is 20.3 Å². The number of carbonyl (C=O) groups excluding carboxylic acids is 1. The van der Waals surface area contributed by atoms with Crippen LogP contribution in [0.4, 0.5) is 14.6 Å². The molecule has 2 saturated heterocycles. The lowest BCUT2D eigenvalue weighted by atomic mass is 10.0. The van der Waals surface area contributed by atoms with E-state index in [0.29, 0.717) is 41.3 Å². The Morgan fingerprint density at radius 1 is 1.24 bits per heavy atom. The summed E-state index contributed by atoms with van der Waals surface area (Å²) < 4.78 is 34.6. The number of fused-ring (bicyclic) bond motifs is 1. The van der Waals surface area contributed by atoms with Gasteiger partial charge in [0.05, 0.1) is 11.1 Å². The number of aryl methyl sites for hydroxylation is 1. The van der Waals surface area contributed by atoms with Gasteiger partial charge in [-0.1, -0.05) is 12.6 Å². The van der Waals surface area contributed by atoms with Crippen molar-refractivity contribution in [3.8, 4) is 22.9 Å². The minimum absolute atomic E-state index is 0.0188. The predicted molar refractivity (Wildman–Crippen MR) is 150 cm³/mol. The minimum atomic E-state index is -1.07. The Labute approximate surface area is 236 Å². The zero-order valence-electron chi connectivity index (χ0n) is 23.0. The highest BCUT2D eigenvalue weighted by atomic mass is 19.1. The Morgan fingerprint density at radius 2 is 2.05 bits per heavy atom. The summed E-state index contributed by atoms with van der Waals surface area (Å²) in [5, 5.41) is 10.4. The maximum atomic E-state index is 14.8. The minimum Gasteiger partial charge on any atom is -0.507 e. The van der Waals surface area contributed by atoms with E-state index in [1.807, 2.05) is 11.9 Å². The number of anilines is 1. The molecule has 5 rings (SSSR count). The van der Waals surface area contributed by atoms with Gasteiger partial charge in [0.15, 0.2) is 11.6 Å². The lowest BCUT2D eigenvalue weighted by molar-refractivity contribution is -0.131. The van der Waals surface area contributed by atoms with E-state index in [2.05, 4.69) is 21.3 Å². The van der Waals surface area contributed by atoms with Crippen molar-refractivity contribution in [3.63, 3.8) is 0 Å². The molecule has 2 fully saturated rings. The molecule has 4 heterocycles. The van der Waals surface area contributed by atoms with Crippen LogP contribution in [0, 0.1) is 19.3 Å². The molecule has 214 valence electrons. The Kier molecular flexibility index (Phi) is 7.99. The standard InChI is InChI=1S/C29H31F2N7O3/c1-17(30)28(40)38-12-11-37(15-20(38)14-32-3)27-26-23(34-29(35-27)41-16-19-7-6-10-36(19)4)13-21(18(2)33-26)25-22(31)8-5-9-24(25)39/h5,8-9,13,19-20,39H,1,6-7,10-12,14-16H2,2,4H3/t19-,20-/m0/s1. The van der Waals surface area contributed by atoms with Gasteiger partial charge in [-0.2, -0.15) is 9.97 Å². The van der Waals surface area contributed by atoms with E-state index in [-0.39, 0.29) is 43.0 Å². The van der Waals surface area contributed by atoms with Gasteiger partial charge in [0.2, 0.25) is 6.54 Å². The number of piperazine rings is 1. The first kappa shape index (κ1) is 28.2. The van der Waals surface area contributed by atoms with E-state index >= 15 is 0 Å². The van der Waals surface area contributed by atoms with E-state index in [0.717, 1.165) is 19.4 Å². The number of amides is 1. The molecule has 0 radical (unpaired) electrons. The molecule has 2 aliphatic rings. The molecule has 12 heteroatoms. The van der Waals surface area contributed by atoms with Crippen molar-refractivity contribution >= 4 is 22.8 Å². The average Bonchev–Trinajstić information content (AvgIpc) is 3.36. The second-order valence-electron chi connectivity index (χ2n) is 10.4. The highest BCUT2D eigenvalue weighted by Crippen LogP contribution is 2.37. The molecular formula is C29H31F2N7O3. The van der Waals surface area contributed by atoms with Gasteiger partial charge >= 0.3 is 6.01 Å². The molecule has 0 unspecified atom stereocenters. The Morgan fingerprint density at radius 3 is 2.73 bits per heavy atom. The van der Waals surface area contributed by atoms with E-state index in [9.17, 15) is 18.7 Å². The lowest BCUT2D eigenvalue weighted by Gasteiger charge is -2.39. The smallest absolute Gasteiger partial charge is 0.319 e. The summed E-state index contributed by atoms with van der Waals surface area (Å²) in [5.41, 5.74) is 1.64. The summed E-state index contributed by atoms with van der Waals surface area (Å²) in [6.07, 6.45) is 2.06. The molecule has 1 amide bonds. The van der Waals surface area contributed by atoms with Gasteiger partial charge in [0.25, 0.3) is 5.91 Å². The molecule has 1 N–H and O–H groups in total. The number of rotatable bonds is 7. The van der Waals surface area contributed by atoms with Gasteiger partial charge in [0, 0.05) is 36.9 Å². The summed E-state index contributed by atoms with van der Waals surface area (Å²) in [4.78, 5) is 35.3. The molecule has 3 aromatic rings. The molecule has 0 aliphatic carbocycles. The van der Waals surface area contributed by atoms with E-state index < -0.39 is 23.6 Å². The summed E-state index contributed by atoms with van der Waals surface area (Å²) in [5.74, 6) is -2.30. The third-order valence-electron chi connectivity index (χ3n) is 7.74. The fourth-order valence-electron chi connectivity index (χ4n) is 5.53. The normalized spacial score (nSPS) is 19.4. The number of halogens is 2. The lowest BCUT2D eigenvalue weighted by Crippen LogP contribution is -2.56. The number of hydrogen-bond donors (Lipinski definition) is 1. The average molecular weight is 564 g/mol. The van der Waals surface area contributed by atoms with Crippen LogP contribution in [0.5, 0.6) is 11.8 Å². The van der Waals surface area contributed by atoms with Crippen LogP contribution in [0.2, 0.25) is 0 Å². The maximum absolute atomic E-state index is 14.8. The van der Waals surface area contributed by atoms with Gasteiger partial charge in [-0.15, -0.1) is 0 Å². The number of benzene rings is 1. The van der Waals surface area contributed by atoms with E-state index in [4.69, 9.17) is 21.3 Å². The summed E-state index contributed by atoms with van der Waals surface area (Å²) in [6.45, 7) is 14.2. The number of hydrogen-bond acceptors (Lipinski definition) is 8. The second-order valence-corrected chi connectivity index (χ2v) is 10.4. The Bertz CT molecular complexity index is 1520. The third kappa shape index (κ3) is 5.63. The first-order valence-electron chi connectivity index (χ1n) is 13.4. The number of carbonyl (C=O) groups is 1. The molecule has 0 bridgehead atoms. The highest BCUT2D eigenvalue weighted by Gasteiger charge is 2.35. The third-order valence-corrected chi connectivity index (χ3v) is 7.74. The predicted octanol–water partition coefficient (Wildman–Crippen LogP) is 3.74. The monoisotopic (exact) mass is 563 g/mol. The van der Waals surface area contributed by atoms with Crippen LogP contribution in [0.25, 0.3) is 27.0 Å². The molecular weight excluding hydrogens is 532 g/mol. The molecule has 10 nitrogen and oxygen atoms in total. The molecule has 2 atom stereocenters. The number of ether oxygens (including phenoxy) is 1. The van der Waals surface area contributed by atoms with Crippen molar-refractivity contribution in [1.29, 1.82) is 0 Å². The molecule has 2 aromatic heterocycles. The number of likely N-dealkylation sites (tertiary alicyclic amines) is 1. The van der Waals surface area contributed by atoms with Crippen molar-refractivity contribution in [3.05, 3.63) is 59.6 Å². The first-order chi connectivity index (χ1) is 19.7.